The molecule has 50 valence electrons. The summed E-state index contributed by atoms with van der Waals surface area (Å²) in [6.45, 7) is 0. The molecule has 0 spiro atoms. The fraction of sp³-hybridized carbons (Fsp3) is 0. The van der Waals surface area contributed by atoms with Crippen molar-refractivity contribution in [2.24, 2.45) is 4.99 Å². The van der Waals surface area contributed by atoms with E-state index in [1.165, 1.54) is 12.1 Å². The van der Waals surface area contributed by atoms with Crippen molar-refractivity contribution in [1.82, 2.24) is 4.98 Å². The molecule has 2 nitrogen and oxygen atoms in total. The molecule has 0 atom stereocenters. The number of thiocarbonyl (C=S) groups is 1. The average Bonchev–Trinajstić information content (AvgIpc) is 1.95. The standard InChI is InChI=1S/C6H3FN2S/c7-5-1-2-6(8-3-5)9-4-10/h1-3H. The first-order valence-corrected chi connectivity index (χ1v) is 2.93. The van der Waals surface area contributed by atoms with E-state index in [-0.39, 0.29) is 5.82 Å². The van der Waals surface area contributed by atoms with Crippen molar-refractivity contribution in [3.63, 3.8) is 0 Å². The maximum Gasteiger partial charge on any atom is 0.162 e. The van der Waals surface area contributed by atoms with Crippen LogP contribution in [0.2, 0.25) is 0 Å². The molecule has 10 heavy (non-hydrogen) atoms. The van der Waals surface area contributed by atoms with E-state index in [4.69, 9.17) is 0 Å². The van der Waals surface area contributed by atoms with Gasteiger partial charge in [-0.15, -0.1) is 0 Å². The summed E-state index contributed by atoms with van der Waals surface area (Å²) in [7, 11) is 0. The Morgan fingerprint density at radius 2 is 2.40 bits per heavy atom. The van der Waals surface area contributed by atoms with Gasteiger partial charge in [-0.2, -0.15) is 4.99 Å². The van der Waals surface area contributed by atoms with Crippen LogP contribution < -0.4 is 0 Å². The zero-order valence-corrected chi connectivity index (χ0v) is 5.73. The molecule has 0 aliphatic heterocycles. The predicted molar refractivity (Wildman–Crippen MR) is 38.9 cm³/mol. The van der Waals surface area contributed by atoms with Gasteiger partial charge in [0.05, 0.1) is 11.4 Å². The van der Waals surface area contributed by atoms with Crippen LogP contribution in [0.1, 0.15) is 0 Å². The molecule has 1 rings (SSSR count). The van der Waals surface area contributed by atoms with Gasteiger partial charge in [-0.25, -0.2) is 9.37 Å². The molecule has 0 aliphatic carbocycles. The van der Waals surface area contributed by atoms with Crippen LogP contribution in [0.5, 0.6) is 0 Å². The van der Waals surface area contributed by atoms with E-state index < -0.39 is 0 Å². The van der Waals surface area contributed by atoms with Gasteiger partial charge in [0.25, 0.3) is 0 Å². The number of hydrogen-bond donors (Lipinski definition) is 0. The Bertz CT molecular complexity index is 264. The number of isothiocyanates is 1. The number of halogens is 1. The SMILES string of the molecule is Fc1ccc(N=C=S)nc1. The zero-order valence-electron chi connectivity index (χ0n) is 4.91. The van der Waals surface area contributed by atoms with Crippen molar-refractivity contribution < 1.29 is 4.39 Å². The highest BCUT2D eigenvalue weighted by Crippen LogP contribution is 2.05. The van der Waals surface area contributed by atoms with Crippen LogP contribution in [-0.2, 0) is 0 Å². The van der Waals surface area contributed by atoms with Crippen molar-refractivity contribution in [3.05, 3.63) is 24.1 Å². The van der Waals surface area contributed by atoms with Gasteiger partial charge in [0.2, 0.25) is 0 Å². The minimum Gasteiger partial charge on any atom is -0.233 e. The van der Waals surface area contributed by atoms with E-state index in [1.807, 2.05) is 0 Å². The molecular weight excluding hydrogens is 151 g/mol. The minimum absolute atomic E-state index is 0.372. The number of nitrogens with zero attached hydrogens (tertiary/aromatic N) is 2. The molecule has 0 amide bonds. The molecule has 1 aromatic heterocycles. The molecule has 4 heteroatoms. The Hall–Kier alpha value is -1.12. The number of aliphatic imine (C=N–C) groups is 1. The first-order chi connectivity index (χ1) is 4.83. The summed E-state index contributed by atoms with van der Waals surface area (Å²) < 4.78 is 12.2. The van der Waals surface area contributed by atoms with Crippen molar-refractivity contribution in [2.75, 3.05) is 0 Å². The van der Waals surface area contributed by atoms with Gasteiger partial charge < -0.3 is 0 Å². The van der Waals surface area contributed by atoms with Crippen molar-refractivity contribution in [3.8, 4) is 0 Å². The highest BCUT2D eigenvalue weighted by Gasteiger charge is 1.89. The van der Waals surface area contributed by atoms with Gasteiger partial charge in [0.1, 0.15) is 5.82 Å². The Balaban J connectivity index is 3.00. The second-order valence-electron chi connectivity index (χ2n) is 1.54. The largest absolute Gasteiger partial charge is 0.233 e. The topological polar surface area (TPSA) is 25.2 Å². The fourth-order valence-electron chi connectivity index (χ4n) is 0.481. The summed E-state index contributed by atoms with van der Waals surface area (Å²) in [4.78, 5) is 7.13. The zero-order chi connectivity index (χ0) is 7.40. The summed E-state index contributed by atoms with van der Waals surface area (Å²) in [5, 5.41) is 2.13. The van der Waals surface area contributed by atoms with Crippen molar-refractivity contribution in [2.45, 2.75) is 0 Å². The number of rotatable bonds is 1. The van der Waals surface area contributed by atoms with Gasteiger partial charge in [-0.1, -0.05) is 0 Å². The third kappa shape index (κ3) is 1.69. The first-order valence-electron chi connectivity index (χ1n) is 2.52. The molecule has 0 radical (unpaired) electrons. The molecule has 0 aliphatic rings. The number of pyridine rings is 1. The Morgan fingerprint density at radius 3 is 2.90 bits per heavy atom. The van der Waals surface area contributed by atoms with E-state index in [0.717, 1.165) is 6.20 Å². The molecule has 0 unspecified atom stereocenters. The number of hydrogen-bond acceptors (Lipinski definition) is 3. The van der Waals surface area contributed by atoms with Gasteiger partial charge in [0.15, 0.2) is 5.82 Å². The normalized spacial score (nSPS) is 8.50. The monoisotopic (exact) mass is 154 g/mol. The Morgan fingerprint density at radius 1 is 1.60 bits per heavy atom. The Labute approximate surface area is 62.4 Å². The predicted octanol–water partition coefficient (Wildman–Crippen LogP) is 1.96. The summed E-state index contributed by atoms with van der Waals surface area (Å²) in [6.07, 6.45) is 1.07. The molecule has 0 saturated carbocycles. The third-order valence-corrected chi connectivity index (χ3v) is 0.963. The second kappa shape index (κ2) is 3.15. The summed E-state index contributed by atoms with van der Waals surface area (Å²) in [5.74, 6) is -0.0141. The lowest BCUT2D eigenvalue weighted by Gasteiger charge is -1.86. The molecular formula is C6H3FN2S. The maximum absolute atomic E-state index is 12.2. The molecule has 0 N–H and O–H groups in total. The number of aromatic nitrogens is 1. The second-order valence-corrected chi connectivity index (χ2v) is 1.72. The summed E-state index contributed by atoms with van der Waals surface area (Å²) in [5.41, 5.74) is 0. The van der Waals surface area contributed by atoms with E-state index >= 15 is 0 Å². The minimum atomic E-state index is -0.386. The molecule has 0 fully saturated rings. The lowest BCUT2D eigenvalue weighted by Crippen LogP contribution is -1.75. The smallest absolute Gasteiger partial charge is 0.162 e. The van der Waals surface area contributed by atoms with Gasteiger partial charge in [-0.3, -0.25) is 0 Å². The maximum atomic E-state index is 12.2. The molecule has 0 saturated heterocycles. The van der Waals surface area contributed by atoms with Crippen LogP contribution in [0.3, 0.4) is 0 Å². The molecule has 1 heterocycles. The van der Waals surface area contributed by atoms with E-state index in [9.17, 15) is 4.39 Å². The van der Waals surface area contributed by atoms with Crippen LogP contribution in [0.4, 0.5) is 10.2 Å². The van der Waals surface area contributed by atoms with E-state index in [0.29, 0.717) is 5.82 Å². The molecule has 0 bridgehead atoms. The Kier molecular flexibility index (Phi) is 2.20. The highest BCUT2D eigenvalue weighted by atomic mass is 32.1. The van der Waals surface area contributed by atoms with Crippen molar-refractivity contribution in [1.29, 1.82) is 0 Å². The van der Waals surface area contributed by atoms with Crippen LogP contribution >= 0.6 is 12.2 Å². The molecule has 1 aromatic rings. The fourth-order valence-corrected chi connectivity index (χ4v) is 0.574. The summed E-state index contributed by atoms with van der Waals surface area (Å²) >= 11 is 4.32. The average molecular weight is 154 g/mol. The molecule has 0 aromatic carbocycles. The van der Waals surface area contributed by atoms with Gasteiger partial charge in [-0.05, 0) is 24.4 Å². The first kappa shape index (κ1) is 6.99. The van der Waals surface area contributed by atoms with Crippen LogP contribution in [-0.4, -0.2) is 10.1 Å². The lowest BCUT2D eigenvalue weighted by atomic mass is 10.4. The summed E-state index contributed by atoms with van der Waals surface area (Å²) in [6, 6.07) is 2.69. The van der Waals surface area contributed by atoms with E-state index in [1.54, 1.807) is 0 Å². The van der Waals surface area contributed by atoms with Crippen LogP contribution in [0.25, 0.3) is 0 Å². The van der Waals surface area contributed by atoms with Crippen LogP contribution in [0, 0.1) is 5.82 Å². The quantitative estimate of drug-likeness (QED) is 0.456. The van der Waals surface area contributed by atoms with Gasteiger partial charge >= 0.3 is 0 Å². The lowest BCUT2D eigenvalue weighted by molar-refractivity contribution is 0.621. The van der Waals surface area contributed by atoms with Gasteiger partial charge in [0, 0.05) is 0 Å². The highest BCUT2D eigenvalue weighted by molar-refractivity contribution is 7.78. The van der Waals surface area contributed by atoms with Crippen LogP contribution in [0.15, 0.2) is 23.3 Å². The van der Waals surface area contributed by atoms with Crippen molar-refractivity contribution >= 4 is 23.2 Å². The van der Waals surface area contributed by atoms with E-state index in [2.05, 4.69) is 27.4 Å². The third-order valence-electron chi connectivity index (χ3n) is 0.872.